The number of fused-ring (bicyclic) bond motifs is 3. The zero-order valence-electron chi connectivity index (χ0n) is 19.3. The number of aromatic amines is 2. The number of pyridine rings is 2. The first-order chi connectivity index (χ1) is 16.3. The Morgan fingerprint density at radius 2 is 1.94 bits per heavy atom. The van der Waals surface area contributed by atoms with Crippen LogP contribution in [0.5, 0.6) is 0 Å². The number of nitrogens with one attached hydrogen (secondary N) is 4. The van der Waals surface area contributed by atoms with E-state index in [1.54, 1.807) is 19.2 Å². The molecular formula is C25H28FN5O3. The van der Waals surface area contributed by atoms with Crippen LogP contribution < -0.4 is 16.2 Å². The quantitative estimate of drug-likeness (QED) is 0.272. The van der Waals surface area contributed by atoms with E-state index in [2.05, 4.69) is 25.6 Å². The number of aliphatic hydroxyl groups excluding tert-OH is 1. The second kappa shape index (κ2) is 9.64. The Morgan fingerprint density at radius 1 is 1.18 bits per heavy atom. The van der Waals surface area contributed by atoms with Crippen molar-refractivity contribution >= 4 is 33.5 Å². The minimum absolute atomic E-state index is 0.0311. The molecular weight excluding hydrogens is 437 g/mol. The first-order valence-electron chi connectivity index (χ1n) is 11.2. The summed E-state index contributed by atoms with van der Waals surface area (Å²) in [5.74, 6) is -1.02. The molecule has 0 saturated carbocycles. The number of carbonyl (C=O) groups is 1. The summed E-state index contributed by atoms with van der Waals surface area (Å²) < 4.78 is 14.1. The molecule has 2 atom stereocenters. The van der Waals surface area contributed by atoms with Crippen LogP contribution in [0.3, 0.4) is 0 Å². The molecule has 0 aliphatic rings. The highest BCUT2D eigenvalue weighted by Crippen LogP contribution is 2.33. The molecule has 0 spiro atoms. The van der Waals surface area contributed by atoms with Crippen LogP contribution in [0.15, 0.2) is 47.5 Å². The number of rotatable bonds is 8. The molecule has 0 aliphatic heterocycles. The molecule has 3 aromatic heterocycles. The molecule has 178 valence electrons. The molecule has 4 rings (SSSR count). The molecule has 0 radical (unpaired) electrons. The van der Waals surface area contributed by atoms with Crippen LogP contribution in [0.1, 0.15) is 31.1 Å². The summed E-state index contributed by atoms with van der Waals surface area (Å²) in [6.45, 7) is 5.02. The zero-order valence-corrected chi connectivity index (χ0v) is 19.3. The Balaban J connectivity index is 1.75. The third kappa shape index (κ3) is 4.65. The topological polar surface area (TPSA) is 123 Å². The highest BCUT2D eigenvalue weighted by Gasteiger charge is 2.22. The summed E-state index contributed by atoms with van der Waals surface area (Å²) in [5.41, 5.74) is 4.72. The van der Waals surface area contributed by atoms with Gasteiger partial charge in [-0.2, -0.15) is 0 Å². The average molecular weight is 466 g/mol. The van der Waals surface area contributed by atoms with E-state index in [1.165, 1.54) is 12.3 Å². The highest BCUT2D eigenvalue weighted by molar-refractivity contribution is 6.14. The molecule has 2 unspecified atom stereocenters. The summed E-state index contributed by atoms with van der Waals surface area (Å²) in [7, 11) is 0. The summed E-state index contributed by atoms with van der Waals surface area (Å²) in [5, 5.41) is 16.0. The van der Waals surface area contributed by atoms with E-state index in [1.807, 2.05) is 32.0 Å². The maximum Gasteiger partial charge on any atom is 0.255 e. The van der Waals surface area contributed by atoms with Gasteiger partial charge in [-0.25, -0.2) is 4.39 Å². The molecule has 0 bridgehead atoms. The van der Waals surface area contributed by atoms with E-state index in [0.717, 1.165) is 22.0 Å². The SMILES string of the molecule is CC(C)Nc1c(C(=O)NCC(F)C(C)CO)cnc2c1[nH]c1cc(-c3ccc(=O)[nH]c3)ccc12. The van der Waals surface area contributed by atoms with Gasteiger partial charge in [-0.3, -0.25) is 14.6 Å². The number of nitrogens with zero attached hydrogens (tertiary/aromatic N) is 1. The Kier molecular flexibility index (Phi) is 6.65. The summed E-state index contributed by atoms with van der Waals surface area (Å²) in [6.07, 6.45) is 1.80. The van der Waals surface area contributed by atoms with Gasteiger partial charge in [-0.05, 0) is 37.1 Å². The zero-order chi connectivity index (χ0) is 24.4. The van der Waals surface area contributed by atoms with E-state index < -0.39 is 18.0 Å². The Morgan fingerprint density at radius 3 is 2.62 bits per heavy atom. The first-order valence-corrected chi connectivity index (χ1v) is 11.2. The molecule has 5 N–H and O–H groups in total. The van der Waals surface area contributed by atoms with Crippen molar-refractivity contribution in [2.45, 2.75) is 33.0 Å². The fourth-order valence-electron chi connectivity index (χ4n) is 3.81. The van der Waals surface area contributed by atoms with E-state index in [0.29, 0.717) is 22.3 Å². The van der Waals surface area contributed by atoms with Crippen LogP contribution >= 0.6 is 0 Å². The van der Waals surface area contributed by atoms with Gasteiger partial charge in [0.05, 0.1) is 22.3 Å². The van der Waals surface area contributed by atoms with Gasteiger partial charge < -0.3 is 25.7 Å². The van der Waals surface area contributed by atoms with Crippen molar-refractivity contribution in [3.05, 3.63) is 58.6 Å². The number of hydrogen-bond acceptors (Lipinski definition) is 5. The number of carbonyl (C=O) groups excluding carboxylic acids is 1. The van der Waals surface area contributed by atoms with Crippen LogP contribution in [-0.2, 0) is 0 Å². The van der Waals surface area contributed by atoms with Gasteiger partial charge in [0.25, 0.3) is 5.91 Å². The minimum atomic E-state index is -1.36. The van der Waals surface area contributed by atoms with E-state index in [9.17, 15) is 14.0 Å². The van der Waals surface area contributed by atoms with Crippen LogP contribution in [-0.4, -0.2) is 51.3 Å². The average Bonchev–Trinajstić information content (AvgIpc) is 3.20. The number of alkyl halides is 1. The second-order valence-electron chi connectivity index (χ2n) is 8.78. The molecule has 8 nitrogen and oxygen atoms in total. The largest absolute Gasteiger partial charge is 0.396 e. The lowest BCUT2D eigenvalue weighted by Gasteiger charge is -2.17. The van der Waals surface area contributed by atoms with Gasteiger partial charge >= 0.3 is 0 Å². The van der Waals surface area contributed by atoms with Gasteiger partial charge in [-0.1, -0.05) is 19.1 Å². The standard InChI is InChI=1S/C25H28FN5O3/c1-13(2)30-23-18(25(34)29-11-19(26)14(3)12-32)10-28-22-17-6-4-15(8-20(17)31-24(22)23)16-5-7-21(33)27-9-16/h4-10,13-14,19,31-32H,11-12H2,1-3H3,(H,27,33)(H,28,30)(H,29,34). The lowest BCUT2D eigenvalue weighted by molar-refractivity contribution is 0.0917. The number of H-pyrrole nitrogens is 2. The normalized spacial score (nSPS) is 13.4. The smallest absolute Gasteiger partial charge is 0.255 e. The highest BCUT2D eigenvalue weighted by atomic mass is 19.1. The van der Waals surface area contributed by atoms with Crippen molar-refractivity contribution in [2.24, 2.45) is 5.92 Å². The number of anilines is 1. The van der Waals surface area contributed by atoms with Crippen LogP contribution in [0.25, 0.3) is 33.1 Å². The van der Waals surface area contributed by atoms with Gasteiger partial charge in [0.2, 0.25) is 5.56 Å². The number of aliphatic hydroxyl groups is 1. The van der Waals surface area contributed by atoms with E-state index in [4.69, 9.17) is 5.11 Å². The van der Waals surface area contributed by atoms with Crippen LogP contribution in [0.2, 0.25) is 0 Å². The first kappa shape index (κ1) is 23.4. The number of benzene rings is 1. The van der Waals surface area contributed by atoms with Crippen molar-refractivity contribution in [2.75, 3.05) is 18.5 Å². The Bertz CT molecular complexity index is 1370. The summed E-state index contributed by atoms with van der Waals surface area (Å²) in [4.78, 5) is 34.9. The van der Waals surface area contributed by atoms with Gasteiger partial charge in [-0.15, -0.1) is 0 Å². The van der Waals surface area contributed by atoms with Crippen molar-refractivity contribution in [3.63, 3.8) is 0 Å². The molecule has 1 amide bonds. The number of amides is 1. The third-order valence-electron chi connectivity index (χ3n) is 5.77. The Labute approximate surface area is 195 Å². The molecule has 3 heterocycles. The molecule has 4 aromatic rings. The third-order valence-corrected chi connectivity index (χ3v) is 5.77. The Hall–Kier alpha value is -3.72. The van der Waals surface area contributed by atoms with Crippen molar-refractivity contribution in [1.29, 1.82) is 0 Å². The lowest BCUT2D eigenvalue weighted by Crippen LogP contribution is -2.34. The molecule has 0 fully saturated rings. The molecule has 9 heteroatoms. The van der Waals surface area contributed by atoms with Crippen LogP contribution in [0.4, 0.5) is 10.1 Å². The van der Waals surface area contributed by atoms with E-state index >= 15 is 0 Å². The predicted molar refractivity (Wildman–Crippen MR) is 132 cm³/mol. The van der Waals surface area contributed by atoms with Gasteiger partial charge in [0.15, 0.2) is 0 Å². The molecule has 0 saturated heterocycles. The fourth-order valence-corrected chi connectivity index (χ4v) is 3.81. The van der Waals surface area contributed by atoms with Crippen LogP contribution in [0, 0.1) is 5.92 Å². The summed E-state index contributed by atoms with van der Waals surface area (Å²) >= 11 is 0. The molecule has 1 aromatic carbocycles. The predicted octanol–water partition coefficient (Wildman–Crippen LogP) is 3.59. The van der Waals surface area contributed by atoms with Gasteiger partial charge in [0.1, 0.15) is 6.17 Å². The maximum absolute atomic E-state index is 14.1. The number of aromatic nitrogens is 3. The molecule has 34 heavy (non-hydrogen) atoms. The number of hydrogen-bond donors (Lipinski definition) is 5. The monoisotopic (exact) mass is 465 g/mol. The van der Waals surface area contributed by atoms with Crippen molar-refractivity contribution in [1.82, 2.24) is 20.3 Å². The van der Waals surface area contributed by atoms with Gasteiger partial charge in [0, 0.05) is 54.5 Å². The maximum atomic E-state index is 14.1. The lowest BCUT2D eigenvalue weighted by atomic mass is 10.1. The summed E-state index contributed by atoms with van der Waals surface area (Å²) in [6, 6.07) is 9.13. The molecule has 0 aliphatic carbocycles. The van der Waals surface area contributed by atoms with E-state index in [-0.39, 0.29) is 24.8 Å². The fraction of sp³-hybridized carbons (Fsp3) is 0.320. The van der Waals surface area contributed by atoms with Crippen molar-refractivity contribution in [3.8, 4) is 11.1 Å². The van der Waals surface area contributed by atoms with Crippen molar-refractivity contribution < 1.29 is 14.3 Å². The second-order valence-corrected chi connectivity index (χ2v) is 8.78. The minimum Gasteiger partial charge on any atom is -0.396 e. The number of halogens is 1.